The van der Waals surface area contributed by atoms with Gasteiger partial charge < -0.3 is 11.1 Å². The van der Waals surface area contributed by atoms with Crippen molar-refractivity contribution in [3.8, 4) is 0 Å². The maximum Gasteiger partial charge on any atom is 0.211 e. The Labute approximate surface area is 72.6 Å². The number of aliphatic imine (C=N–C) groups is 1. The van der Waals surface area contributed by atoms with Crippen LogP contribution >= 0.6 is 0 Å². The molecule has 0 aliphatic heterocycles. The number of carbonyl (C=O) groups is 1. The second-order valence-corrected chi connectivity index (χ2v) is 2.72. The average Bonchev–Trinajstić information content (AvgIpc) is 1.98. The van der Waals surface area contributed by atoms with Crippen LogP contribution in [0.3, 0.4) is 0 Å². The lowest BCUT2D eigenvalue weighted by Gasteiger charge is -2.02. The number of rotatable bonds is 4. The third-order valence-corrected chi connectivity index (χ3v) is 1.17. The van der Waals surface area contributed by atoms with E-state index in [2.05, 4.69) is 10.3 Å². The van der Waals surface area contributed by atoms with Crippen molar-refractivity contribution in [3.05, 3.63) is 11.8 Å². The van der Waals surface area contributed by atoms with E-state index in [1.807, 2.05) is 13.8 Å². The van der Waals surface area contributed by atoms with Gasteiger partial charge in [0.05, 0.1) is 0 Å². The van der Waals surface area contributed by atoms with Gasteiger partial charge in [0, 0.05) is 17.8 Å². The molecule has 0 fully saturated rings. The minimum atomic E-state index is 0.171. The lowest BCUT2D eigenvalue weighted by atomic mass is 10.3. The van der Waals surface area contributed by atoms with Crippen LogP contribution in [0.4, 0.5) is 0 Å². The van der Waals surface area contributed by atoms with E-state index in [9.17, 15) is 4.79 Å². The molecule has 0 unspecified atom stereocenters. The summed E-state index contributed by atoms with van der Waals surface area (Å²) in [6.07, 6.45) is 2.11. The normalized spacial score (nSPS) is 13.3. The number of carbonyl (C=O) groups excluding carboxylic acids is 1. The highest BCUT2D eigenvalue weighted by atomic mass is 16.1. The van der Waals surface area contributed by atoms with E-state index in [-0.39, 0.29) is 6.04 Å². The SMILES string of the molecule is CC(=C/NC=O)/C(N)=N\C(C)C. The Bertz CT molecular complexity index is 206. The molecule has 0 spiro atoms. The van der Waals surface area contributed by atoms with Crippen molar-refractivity contribution in [2.24, 2.45) is 10.7 Å². The van der Waals surface area contributed by atoms with E-state index < -0.39 is 0 Å². The van der Waals surface area contributed by atoms with Gasteiger partial charge in [0.15, 0.2) is 0 Å². The monoisotopic (exact) mass is 169 g/mol. The van der Waals surface area contributed by atoms with Gasteiger partial charge >= 0.3 is 0 Å². The molecule has 0 atom stereocenters. The fraction of sp³-hybridized carbons (Fsp3) is 0.500. The van der Waals surface area contributed by atoms with Crippen molar-refractivity contribution in [3.63, 3.8) is 0 Å². The molecule has 68 valence electrons. The fourth-order valence-corrected chi connectivity index (χ4v) is 0.613. The highest BCUT2D eigenvalue weighted by Crippen LogP contribution is 1.93. The minimum absolute atomic E-state index is 0.171. The maximum atomic E-state index is 9.92. The Hall–Kier alpha value is -1.32. The molecular weight excluding hydrogens is 154 g/mol. The molecule has 0 aromatic rings. The van der Waals surface area contributed by atoms with Crippen LogP contribution in [0.1, 0.15) is 20.8 Å². The molecule has 0 aromatic heterocycles. The third kappa shape index (κ3) is 4.49. The Morgan fingerprint density at radius 3 is 2.58 bits per heavy atom. The minimum Gasteiger partial charge on any atom is -0.384 e. The molecule has 0 radical (unpaired) electrons. The molecule has 1 amide bonds. The molecule has 0 bridgehead atoms. The van der Waals surface area contributed by atoms with E-state index in [0.29, 0.717) is 12.2 Å². The van der Waals surface area contributed by atoms with Gasteiger partial charge in [-0.3, -0.25) is 9.79 Å². The van der Waals surface area contributed by atoms with Gasteiger partial charge in [0.1, 0.15) is 5.84 Å². The van der Waals surface area contributed by atoms with Gasteiger partial charge in [-0.2, -0.15) is 0 Å². The van der Waals surface area contributed by atoms with Gasteiger partial charge in [-0.1, -0.05) is 0 Å². The topological polar surface area (TPSA) is 67.5 Å². The van der Waals surface area contributed by atoms with E-state index >= 15 is 0 Å². The number of nitrogens with two attached hydrogens (primary N) is 1. The van der Waals surface area contributed by atoms with Gasteiger partial charge in [0.25, 0.3) is 0 Å². The summed E-state index contributed by atoms with van der Waals surface area (Å²) in [4.78, 5) is 14.0. The van der Waals surface area contributed by atoms with Crippen LogP contribution in [-0.2, 0) is 4.79 Å². The fourth-order valence-electron chi connectivity index (χ4n) is 0.613. The zero-order valence-electron chi connectivity index (χ0n) is 7.66. The van der Waals surface area contributed by atoms with E-state index in [4.69, 9.17) is 5.73 Å². The van der Waals surface area contributed by atoms with Crippen LogP contribution in [0.15, 0.2) is 16.8 Å². The Kier molecular flexibility index (Phi) is 4.76. The maximum absolute atomic E-state index is 9.92. The highest BCUT2D eigenvalue weighted by Gasteiger charge is 1.96. The summed E-state index contributed by atoms with van der Waals surface area (Å²) in [6.45, 7) is 5.66. The first-order valence-corrected chi connectivity index (χ1v) is 3.78. The number of amides is 1. The second kappa shape index (κ2) is 5.35. The third-order valence-electron chi connectivity index (χ3n) is 1.17. The standard InChI is InChI=1S/C8H15N3O/c1-6(2)11-8(9)7(3)4-10-5-12/h4-6H,1-3H3,(H2,9,11)(H,10,12)/b7-4-. The Morgan fingerprint density at radius 2 is 2.17 bits per heavy atom. The Balaban J connectivity index is 4.26. The largest absolute Gasteiger partial charge is 0.384 e. The number of hydrogen-bond acceptors (Lipinski definition) is 2. The average molecular weight is 169 g/mol. The first-order chi connectivity index (χ1) is 5.57. The van der Waals surface area contributed by atoms with E-state index in [1.165, 1.54) is 6.20 Å². The molecule has 4 heteroatoms. The molecule has 0 saturated heterocycles. The highest BCUT2D eigenvalue weighted by molar-refractivity contribution is 5.96. The molecule has 0 rings (SSSR count). The van der Waals surface area contributed by atoms with Crippen molar-refractivity contribution in [1.82, 2.24) is 5.32 Å². The number of amidine groups is 1. The first kappa shape index (κ1) is 10.7. The predicted octanol–water partition coefficient (Wildman–Crippen LogP) is 0.402. The molecular formula is C8H15N3O. The molecule has 0 aliphatic rings. The quantitative estimate of drug-likeness (QED) is 0.363. The first-order valence-electron chi connectivity index (χ1n) is 3.78. The van der Waals surface area contributed by atoms with Crippen molar-refractivity contribution in [2.45, 2.75) is 26.8 Å². The van der Waals surface area contributed by atoms with Crippen LogP contribution in [0.2, 0.25) is 0 Å². The molecule has 3 N–H and O–H groups in total. The van der Waals surface area contributed by atoms with Crippen LogP contribution in [0.5, 0.6) is 0 Å². The van der Waals surface area contributed by atoms with Crippen molar-refractivity contribution in [2.75, 3.05) is 0 Å². The van der Waals surface area contributed by atoms with Crippen LogP contribution in [-0.4, -0.2) is 18.3 Å². The summed E-state index contributed by atoms with van der Waals surface area (Å²) in [5.74, 6) is 0.458. The molecule has 4 nitrogen and oxygen atoms in total. The molecule has 0 heterocycles. The van der Waals surface area contributed by atoms with Crippen molar-refractivity contribution < 1.29 is 4.79 Å². The molecule has 0 aliphatic carbocycles. The van der Waals surface area contributed by atoms with Crippen LogP contribution in [0.25, 0.3) is 0 Å². The van der Waals surface area contributed by atoms with Gasteiger partial charge in [-0.15, -0.1) is 0 Å². The summed E-state index contributed by atoms with van der Waals surface area (Å²) < 4.78 is 0. The zero-order valence-corrected chi connectivity index (χ0v) is 7.66. The zero-order chi connectivity index (χ0) is 9.56. The summed E-state index contributed by atoms with van der Waals surface area (Å²) in [5.41, 5.74) is 6.34. The summed E-state index contributed by atoms with van der Waals surface area (Å²) in [6, 6.07) is 0.171. The molecule has 12 heavy (non-hydrogen) atoms. The predicted molar refractivity (Wildman–Crippen MR) is 49.7 cm³/mol. The summed E-state index contributed by atoms with van der Waals surface area (Å²) in [7, 11) is 0. The number of hydrogen-bond donors (Lipinski definition) is 2. The second-order valence-electron chi connectivity index (χ2n) is 2.72. The van der Waals surface area contributed by atoms with Crippen LogP contribution < -0.4 is 11.1 Å². The molecule has 0 saturated carbocycles. The summed E-state index contributed by atoms with van der Waals surface area (Å²) in [5, 5.41) is 2.40. The lowest BCUT2D eigenvalue weighted by Crippen LogP contribution is -2.17. The smallest absolute Gasteiger partial charge is 0.211 e. The van der Waals surface area contributed by atoms with Gasteiger partial charge in [-0.25, -0.2) is 0 Å². The molecule has 0 aromatic carbocycles. The van der Waals surface area contributed by atoms with Crippen molar-refractivity contribution in [1.29, 1.82) is 0 Å². The summed E-state index contributed by atoms with van der Waals surface area (Å²) >= 11 is 0. The van der Waals surface area contributed by atoms with Crippen molar-refractivity contribution >= 4 is 12.2 Å². The lowest BCUT2D eigenvalue weighted by molar-refractivity contribution is -0.108. The van der Waals surface area contributed by atoms with Gasteiger partial charge in [0.2, 0.25) is 6.41 Å². The number of nitrogens with zero attached hydrogens (tertiary/aromatic N) is 1. The van der Waals surface area contributed by atoms with E-state index in [1.54, 1.807) is 6.92 Å². The van der Waals surface area contributed by atoms with E-state index in [0.717, 1.165) is 5.57 Å². The van der Waals surface area contributed by atoms with Gasteiger partial charge in [-0.05, 0) is 20.8 Å². The Morgan fingerprint density at radius 1 is 1.58 bits per heavy atom. The van der Waals surface area contributed by atoms with Crippen LogP contribution in [0, 0.1) is 0 Å². The number of nitrogens with one attached hydrogen (secondary N) is 1.